The van der Waals surface area contributed by atoms with Gasteiger partial charge in [-0.1, -0.05) is 42.5 Å². The molecule has 0 aliphatic rings. The number of benzene rings is 2. The van der Waals surface area contributed by atoms with Crippen LogP contribution in [0.1, 0.15) is 15.9 Å². The average Bonchev–Trinajstić information content (AvgIpc) is 2.59. The predicted octanol–water partition coefficient (Wildman–Crippen LogP) is 2.51. The molecule has 2 aromatic carbocycles. The number of para-hydroxylation sites is 1. The normalized spacial score (nSPS) is 10.7. The number of aryl methyl sites for hydroxylation is 1. The van der Waals surface area contributed by atoms with Crippen LogP contribution in [0.2, 0.25) is 0 Å². The predicted molar refractivity (Wildman–Crippen MR) is 91.7 cm³/mol. The van der Waals surface area contributed by atoms with Gasteiger partial charge in [0.2, 0.25) is 5.43 Å². The first-order chi connectivity index (χ1) is 11.2. The number of rotatable bonds is 4. The van der Waals surface area contributed by atoms with E-state index in [1.165, 1.54) is 0 Å². The number of fused-ring (bicyclic) bond motifs is 1. The third-order valence-corrected chi connectivity index (χ3v) is 3.88. The maximum Gasteiger partial charge on any atom is 0.256 e. The molecule has 0 fully saturated rings. The molecule has 1 N–H and O–H groups in total. The van der Waals surface area contributed by atoms with Crippen molar-refractivity contribution in [3.8, 4) is 0 Å². The molecule has 0 atom stereocenters. The monoisotopic (exact) mass is 306 g/mol. The fourth-order valence-electron chi connectivity index (χ4n) is 2.66. The summed E-state index contributed by atoms with van der Waals surface area (Å²) in [7, 11) is 1.84. The summed E-state index contributed by atoms with van der Waals surface area (Å²) in [6, 6.07) is 17.2. The lowest BCUT2D eigenvalue weighted by Gasteiger charge is -2.09. The quantitative estimate of drug-likeness (QED) is 0.805. The molecule has 4 heteroatoms. The van der Waals surface area contributed by atoms with Gasteiger partial charge in [-0.25, -0.2) is 0 Å². The number of nitrogens with zero attached hydrogens (tertiary/aromatic N) is 1. The second-order valence-corrected chi connectivity index (χ2v) is 5.49. The molecule has 4 nitrogen and oxygen atoms in total. The van der Waals surface area contributed by atoms with E-state index >= 15 is 0 Å². The smallest absolute Gasteiger partial charge is 0.256 e. The Hall–Kier alpha value is -2.88. The molecule has 0 aliphatic carbocycles. The lowest BCUT2D eigenvalue weighted by Crippen LogP contribution is -2.31. The van der Waals surface area contributed by atoms with E-state index in [1.807, 2.05) is 54.1 Å². The van der Waals surface area contributed by atoms with Crippen LogP contribution in [0, 0.1) is 0 Å². The SMILES string of the molecule is Cn1cc(C(=O)NCCc2ccccc2)c(=O)c2ccccc21. The Morgan fingerprint density at radius 1 is 1.04 bits per heavy atom. The van der Waals surface area contributed by atoms with Crippen molar-refractivity contribution < 1.29 is 4.79 Å². The third-order valence-electron chi connectivity index (χ3n) is 3.88. The summed E-state index contributed by atoms with van der Waals surface area (Å²) in [5, 5.41) is 3.39. The Morgan fingerprint density at radius 2 is 1.74 bits per heavy atom. The largest absolute Gasteiger partial charge is 0.352 e. The van der Waals surface area contributed by atoms with Gasteiger partial charge >= 0.3 is 0 Å². The highest BCUT2D eigenvalue weighted by molar-refractivity contribution is 5.97. The highest BCUT2D eigenvalue weighted by atomic mass is 16.2. The number of hydrogen-bond acceptors (Lipinski definition) is 2. The first-order valence-corrected chi connectivity index (χ1v) is 7.57. The number of pyridine rings is 1. The number of amides is 1. The second kappa shape index (κ2) is 6.48. The molecule has 0 saturated heterocycles. The number of carbonyl (C=O) groups is 1. The minimum atomic E-state index is -0.327. The summed E-state index contributed by atoms with van der Waals surface area (Å²) in [6.07, 6.45) is 2.34. The molecule has 0 bridgehead atoms. The Labute approximate surface area is 134 Å². The van der Waals surface area contributed by atoms with Crippen LogP contribution < -0.4 is 10.7 Å². The van der Waals surface area contributed by atoms with Gasteiger partial charge in [0.15, 0.2) is 0 Å². The van der Waals surface area contributed by atoms with Gasteiger partial charge in [0, 0.05) is 25.2 Å². The van der Waals surface area contributed by atoms with Crippen LogP contribution >= 0.6 is 0 Å². The van der Waals surface area contributed by atoms with Crippen LogP contribution in [-0.2, 0) is 13.5 Å². The number of carbonyl (C=O) groups excluding carboxylic acids is 1. The molecular formula is C19H18N2O2. The molecule has 0 aliphatic heterocycles. The van der Waals surface area contributed by atoms with Gasteiger partial charge in [0.05, 0.1) is 5.52 Å². The van der Waals surface area contributed by atoms with Crippen molar-refractivity contribution in [3.05, 3.63) is 82.1 Å². The lowest BCUT2D eigenvalue weighted by molar-refractivity contribution is 0.0952. The van der Waals surface area contributed by atoms with Gasteiger partial charge in [0.1, 0.15) is 5.56 Å². The summed E-state index contributed by atoms with van der Waals surface area (Å²) in [4.78, 5) is 24.8. The van der Waals surface area contributed by atoms with E-state index in [9.17, 15) is 9.59 Å². The molecule has 1 heterocycles. The van der Waals surface area contributed by atoms with Crippen LogP contribution in [0.5, 0.6) is 0 Å². The Bertz CT molecular complexity index is 898. The number of aromatic nitrogens is 1. The van der Waals surface area contributed by atoms with Gasteiger partial charge in [0.25, 0.3) is 5.91 Å². The number of hydrogen-bond donors (Lipinski definition) is 1. The molecular weight excluding hydrogens is 288 g/mol. The van der Waals surface area contributed by atoms with Crippen LogP contribution in [0.3, 0.4) is 0 Å². The van der Waals surface area contributed by atoms with E-state index in [-0.39, 0.29) is 16.9 Å². The maximum absolute atomic E-state index is 12.5. The van der Waals surface area contributed by atoms with Gasteiger partial charge in [-0.15, -0.1) is 0 Å². The molecule has 1 aromatic heterocycles. The van der Waals surface area contributed by atoms with Crippen LogP contribution in [0.4, 0.5) is 0 Å². The highest BCUT2D eigenvalue weighted by Crippen LogP contribution is 2.10. The molecule has 116 valence electrons. The molecule has 3 aromatic rings. The van der Waals surface area contributed by atoms with Crippen molar-refractivity contribution in [3.63, 3.8) is 0 Å². The van der Waals surface area contributed by atoms with Crippen LogP contribution in [0.25, 0.3) is 10.9 Å². The second-order valence-electron chi connectivity index (χ2n) is 5.49. The van der Waals surface area contributed by atoms with E-state index in [0.717, 1.165) is 17.5 Å². The van der Waals surface area contributed by atoms with Gasteiger partial charge in [-0.2, -0.15) is 0 Å². The first kappa shape index (κ1) is 15.0. The summed E-state index contributed by atoms with van der Waals surface area (Å²) in [5.41, 5.74) is 1.92. The third kappa shape index (κ3) is 3.16. The fourth-order valence-corrected chi connectivity index (χ4v) is 2.66. The molecule has 0 saturated carbocycles. The molecule has 0 radical (unpaired) electrons. The van der Waals surface area contributed by atoms with E-state index < -0.39 is 0 Å². The zero-order valence-corrected chi connectivity index (χ0v) is 13.0. The van der Waals surface area contributed by atoms with E-state index in [0.29, 0.717) is 11.9 Å². The summed E-state index contributed by atoms with van der Waals surface area (Å²) in [6.45, 7) is 0.499. The van der Waals surface area contributed by atoms with E-state index in [1.54, 1.807) is 18.3 Å². The maximum atomic E-state index is 12.5. The van der Waals surface area contributed by atoms with Crippen molar-refractivity contribution in [2.24, 2.45) is 7.05 Å². The van der Waals surface area contributed by atoms with E-state index in [2.05, 4.69) is 5.32 Å². The molecule has 23 heavy (non-hydrogen) atoms. The summed E-state index contributed by atoms with van der Waals surface area (Å²) in [5.74, 6) is -0.327. The van der Waals surface area contributed by atoms with Crippen molar-refractivity contribution in [1.82, 2.24) is 9.88 Å². The Morgan fingerprint density at radius 3 is 2.52 bits per heavy atom. The highest BCUT2D eigenvalue weighted by Gasteiger charge is 2.13. The Balaban J connectivity index is 1.79. The average molecular weight is 306 g/mol. The van der Waals surface area contributed by atoms with Gasteiger partial charge in [-0.3, -0.25) is 9.59 Å². The van der Waals surface area contributed by atoms with Crippen molar-refractivity contribution >= 4 is 16.8 Å². The summed E-state index contributed by atoms with van der Waals surface area (Å²) < 4.78 is 1.81. The van der Waals surface area contributed by atoms with Crippen molar-refractivity contribution in [1.29, 1.82) is 0 Å². The summed E-state index contributed by atoms with van der Waals surface area (Å²) >= 11 is 0. The van der Waals surface area contributed by atoms with Crippen LogP contribution in [-0.4, -0.2) is 17.0 Å². The Kier molecular flexibility index (Phi) is 4.24. The molecule has 1 amide bonds. The van der Waals surface area contributed by atoms with E-state index in [4.69, 9.17) is 0 Å². The fraction of sp³-hybridized carbons (Fsp3) is 0.158. The minimum absolute atomic E-state index is 0.180. The standard InChI is InChI=1S/C19H18N2O2/c1-21-13-16(18(22)15-9-5-6-10-17(15)21)19(23)20-12-11-14-7-3-2-4-8-14/h2-10,13H,11-12H2,1H3,(H,20,23). The number of nitrogens with one attached hydrogen (secondary N) is 1. The molecule has 0 unspecified atom stereocenters. The molecule has 3 rings (SSSR count). The van der Waals surface area contributed by atoms with Gasteiger partial charge < -0.3 is 9.88 Å². The van der Waals surface area contributed by atoms with Crippen molar-refractivity contribution in [2.75, 3.05) is 6.54 Å². The molecule has 0 spiro atoms. The van der Waals surface area contributed by atoms with Crippen molar-refractivity contribution in [2.45, 2.75) is 6.42 Å². The van der Waals surface area contributed by atoms with Crippen LogP contribution in [0.15, 0.2) is 65.6 Å². The van der Waals surface area contributed by atoms with Gasteiger partial charge in [-0.05, 0) is 24.1 Å². The topological polar surface area (TPSA) is 51.1 Å². The lowest BCUT2D eigenvalue weighted by atomic mass is 10.1. The zero-order valence-electron chi connectivity index (χ0n) is 13.0. The zero-order chi connectivity index (χ0) is 16.2. The first-order valence-electron chi connectivity index (χ1n) is 7.57. The minimum Gasteiger partial charge on any atom is -0.352 e.